The highest BCUT2D eigenvalue weighted by atomic mass is 16.5. The van der Waals surface area contributed by atoms with Gasteiger partial charge in [-0.3, -0.25) is 4.79 Å². The van der Waals surface area contributed by atoms with Gasteiger partial charge in [0.1, 0.15) is 11.4 Å². The van der Waals surface area contributed by atoms with E-state index in [0.717, 1.165) is 18.6 Å². The Labute approximate surface area is 130 Å². The summed E-state index contributed by atoms with van der Waals surface area (Å²) in [7, 11) is 1.67. The van der Waals surface area contributed by atoms with Crippen LogP contribution in [0.5, 0.6) is 5.75 Å². The first-order chi connectivity index (χ1) is 10.6. The fourth-order valence-electron chi connectivity index (χ4n) is 4.23. The Kier molecular flexibility index (Phi) is 3.05. The molecule has 2 saturated heterocycles. The molecule has 4 heteroatoms. The first kappa shape index (κ1) is 13.8. The van der Waals surface area contributed by atoms with Crippen LogP contribution in [0.1, 0.15) is 31.4 Å². The molecule has 0 aromatic heterocycles. The second kappa shape index (κ2) is 4.85. The molecule has 22 heavy (non-hydrogen) atoms. The van der Waals surface area contributed by atoms with Crippen molar-refractivity contribution in [2.75, 3.05) is 13.7 Å². The normalized spacial score (nSPS) is 35.5. The number of carbonyl (C=O) groups is 1. The number of nitrogens with zero attached hydrogens (tertiary/aromatic N) is 1. The maximum absolute atomic E-state index is 12.2. The summed E-state index contributed by atoms with van der Waals surface area (Å²) in [5.74, 6) is 1.46. The molecule has 2 fully saturated rings. The quantitative estimate of drug-likeness (QED) is 0.788. The monoisotopic (exact) mass is 299 g/mol. The lowest BCUT2D eigenvalue weighted by atomic mass is 9.74. The summed E-state index contributed by atoms with van der Waals surface area (Å²) in [4.78, 5) is 14.2. The van der Waals surface area contributed by atoms with E-state index < -0.39 is 0 Å². The fourth-order valence-corrected chi connectivity index (χ4v) is 4.23. The van der Waals surface area contributed by atoms with Gasteiger partial charge in [0.2, 0.25) is 5.91 Å². The van der Waals surface area contributed by atoms with Crippen LogP contribution >= 0.6 is 0 Å². The molecule has 0 aliphatic carbocycles. The van der Waals surface area contributed by atoms with E-state index in [0.29, 0.717) is 12.5 Å². The number of hydrogen-bond donors (Lipinski definition) is 0. The number of fused-ring (bicyclic) bond motifs is 1. The Morgan fingerprint density at radius 2 is 2.09 bits per heavy atom. The molecule has 1 spiro atoms. The molecule has 3 aliphatic heterocycles. The minimum absolute atomic E-state index is 0.112. The Balaban J connectivity index is 1.66. The molecule has 4 nitrogen and oxygen atoms in total. The van der Waals surface area contributed by atoms with Crippen LogP contribution in [0.2, 0.25) is 0 Å². The highest BCUT2D eigenvalue weighted by Gasteiger charge is 2.55. The molecule has 0 radical (unpaired) electrons. The molecule has 1 aromatic rings. The van der Waals surface area contributed by atoms with Gasteiger partial charge in [-0.25, -0.2) is 0 Å². The predicted octanol–water partition coefficient (Wildman–Crippen LogP) is 2.70. The minimum atomic E-state index is -0.237. The number of ether oxygens (including phenoxy) is 2. The number of likely N-dealkylation sites (tertiary alicyclic amines) is 1. The van der Waals surface area contributed by atoms with E-state index in [1.807, 2.05) is 17.0 Å². The molecule has 3 heterocycles. The molecular formula is C18H21NO3. The minimum Gasteiger partial charge on any atom is -0.497 e. The molecule has 4 atom stereocenters. The number of hydrogen-bond acceptors (Lipinski definition) is 3. The Morgan fingerprint density at radius 3 is 2.73 bits per heavy atom. The van der Waals surface area contributed by atoms with Crippen molar-refractivity contribution in [2.45, 2.75) is 37.5 Å². The van der Waals surface area contributed by atoms with Crippen LogP contribution in [0.3, 0.4) is 0 Å². The number of rotatable bonds is 2. The molecule has 3 aliphatic rings. The molecule has 0 saturated carbocycles. The maximum atomic E-state index is 12.2. The van der Waals surface area contributed by atoms with Crippen LogP contribution < -0.4 is 4.74 Å². The van der Waals surface area contributed by atoms with Crippen LogP contribution in [0.15, 0.2) is 36.4 Å². The molecule has 1 amide bonds. The zero-order valence-electron chi connectivity index (χ0n) is 13.0. The summed E-state index contributed by atoms with van der Waals surface area (Å²) < 4.78 is 11.4. The fraction of sp³-hybridized carbons (Fsp3) is 0.500. The zero-order chi connectivity index (χ0) is 15.3. The first-order valence-electron chi connectivity index (χ1n) is 7.89. The van der Waals surface area contributed by atoms with Crippen LogP contribution in [-0.2, 0) is 9.53 Å². The highest BCUT2D eigenvalue weighted by Crippen LogP contribution is 2.52. The lowest BCUT2D eigenvalue weighted by Crippen LogP contribution is -2.53. The van der Waals surface area contributed by atoms with Gasteiger partial charge in [-0.15, -0.1) is 0 Å². The highest BCUT2D eigenvalue weighted by molar-refractivity contribution is 5.74. The summed E-state index contributed by atoms with van der Waals surface area (Å²) >= 11 is 0. The van der Waals surface area contributed by atoms with Gasteiger partial charge in [0.05, 0.1) is 25.8 Å². The standard InChI is InChI=1S/C18H21NO3/c1-12(20)19-11-18-8-7-16(22-18)9-14(18)10-17(19)13-3-5-15(21-2)6-4-13/h3-8,14,16-17H,9-11H2,1-2H3/t14-,16+,17-,18+/m0/s1. The average Bonchev–Trinajstić information content (AvgIpc) is 3.10. The van der Waals surface area contributed by atoms with Crippen LogP contribution in [0.4, 0.5) is 0 Å². The van der Waals surface area contributed by atoms with Gasteiger partial charge in [0, 0.05) is 6.92 Å². The van der Waals surface area contributed by atoms with E-state index in [-0.39, 0.29) is 23.7 Å². The van der Waals surface area contributed by atoms with Crippen LogP contribution in [0, 0.1) is 5.92 Å². The van der Waals surface area contributed by atoms with E-state index in [4.69, 9.17) is 9.47 Å². The topological polar surface area (TPSA) is 38.8 Å². The summed E-state index contributed by atoms with van der Waals surface area (Å²) in [6, 6.07) is 8.21. The molecule has 0 N–H and O–H groups in total. The number of carbonyl (C=O) groups excluding carboxylic acids is 1. The third-order valence-corrected chi connectivity index (χ3v) is 5.38. The van der Waals surface area contributed by atoms with Gasteiger partial charge >= 0.3 is 0 Å². The number of benzene rings is 1. The Morgan fingerprint density at radius 1 is 1.32 bits per heavy atom. The van der Waals surface area contributed by atoms with Crippen LogP contribution in [-0.4, -0.2) is 36.2 Å². The Hall–Kier alpha value is -1.81. The largest absolute Gasteiger partial charge is 0.497 e. The van der Waals surface area contributed by atoms with Crippen molar-refractivity contribution in [3.63, 3.8) is 0 Å². The lowest BCUT2D eigenvalue weighted by Gasteiger charge is -2.46. The smallest absolute Gasteiger partial charge is 0.220 e. The van der Waals surface area contributed by atoms with E-state index >= 15 is 0 Å². The molecule has 116 valence electrons. The van der Waals surface area contributed by atoms with Crippen molar-refractivity contribution in [3.8, 4) is 5.75 Å². The molecule has 4 rings (SSSR count). The lowest BCUT2D eigenvalue weighted by molar-refractivity contribution is -0.140. The zero-order valence-corrected chi connectivity index (χ0v) is 13.0. The first-order valence-corrected chi connectivity index (χ1v) is 7.89. The van der Waals surface area contributed by atoms with Crippen LogP contribution in [0.25, 0.3) is 0 Å². The van der Waals surface area contributed by atoms with Crippen molar-refractivity contribution >= 4 is 5.91 Å². The molecule has 2 bridgehead atoms. The molecular weight excluding hydrogens is 278 g/mol. The van der Waals surface area contributed by atoms with Gasteiger partial charge in [0.25, 0.3) is 0 Å². The second-order valence-corrected chi connectivity index (χ2v) is 6.57. The Bertz CT molecular complexity index is 624. The SMILES string of the molecule is COc1ccc([C@@H]2C[C@@H]3C[C@H]4C=C[C@]3(CN2C(C)=O)O4)cc1. The van der Waals surface area contributed by atoms with Gasteiger partial charge in [-0.2, -0.15) is 0 Å². The van der Waals surface area contributed by atoms with Crippen molar-refractivity contribution in [1.29, 1.82) is 0 Å². The second-order valence-electron chi connectivity index (χ2n) is 6.57. The third-order valence-electron chi connectivity index (χ3n) is 5.38. The number of piperidine rings is 1. The summed E-state index contributed by atoms with van der Waals surface area (Å²) in [5, 5.41) is 0. The van der Waals surface area contributed by atoms with E-state index in [1.165, 1.54) is 5.56 Å². The van der Waals surface area contributed by atoms with Crippen molar-refractivity contribution < 1.29 is 14.3 Å². The van der Waals surface area contributed by atoms with E-state index in [2.05, 4.69) is 24.3 Å². The predicted molar refractivity (Wildman–Crippen MR) is 82.6 cm³/mol. The summed E-state index contributed by atoms with van der Waals surface area (Å²) in [6.45, 7) is 2.31. The number of methoxy groups -OCH3 is 1. The van der Waals surface area contributed by atoms with E-state index in [9.17, 15) is 4.79 Å². The third kappa shape index (κ3) is 1.97. The summed E-state index contributed by atoms with van der Waals surface area (Å²) in [5.41, 5.74) is 0.942. The van der Waals surface area contributed by atoms with Gasteiger partial charge < -0.3 is 14.4 Å². The average molecular weight is 299 g/mol. The maximum Gasteiger partial charge on any atom is 0.220 e. The van der Waals surface area contributed by atoms with Crippen molar-refractivity contribution in [2.24, 2.45) is 5.92 Å². The van der Waals surface area contributed by atoms with Crippen molar-refractivity contribution in [1.82, 2.24) is 4.90 Å². The van der Waals surface area contributed by atoms with Gasteiger partial charge in [0.15, 0.2) is 0 Å². The van der Waals surface area contributed by atoms with E-state index in [1.54, 1.807) is 14.0 Å². The van der Waals surface area contributed by atoms with Gasteiger partial charge in [-0.1, -0.05) is 24.3 Å². The summed E-state index contributed by atoms with van der Waals surface area (Å²) in [6.07, 6.45) is 6.63. The number of amides is 1. The molecule has 1 aromatic carbocycles. The molecule has 0 unspecified atom stereocenters. The van der Waals surface area contributed by atoms with Gasteiger partial charge in [-0.05, 0) is 36.5 Å². The van der Waals surface area contributed by atoms with Crippen molar-refractivity contribution in [3.05, 3.63) is 42.0 Å².